The fourth-order valence-corrected chi connectivity index (χ4v) is 3.03. The third-order valence-corrected chi connectivity index (χ3v) is 4.40. The molecule has 1 aliphatic carbocycles. The Morgan fingerprint density at radius 1 is 1.41 bits per heavy atom. The van der Waals surface area contributed by atoms with Crippen LogP contribution in [0.25, 0.3) is 0 Å². The molecule has 112 valence electrons. The van der Waals surface area contributed by atoms with E-state index in [1.807, 2.05) is 12.1 Å². The van der Waals surface area contributed by atoms with Crippen LogP contribution in [0.5, 0.6) is 0 Å². The second kappa shape index (κ2) is 5.47. The number of hydrogen-bond donors (Lipinski definition) is 1. The van der Waals surface area contributed by atoms with E-state index in [0.29, 0.717) is 10.6 Å². The molecule has 6 heteroatoms. The Hall–Kier alpha value is -2.32. The molecule has 0 unspecified atom stereocenters. The van der Waals surface area contributed by atoms with E-state index in [2.05, 4.69) is 16.5 Å². The van der Waals surface area contributed by atoms with Crippen LogP contribution in [0, 0.1) is 11.3 Å². The van der Waals surface area contributed by atoms with E-state index in [4.69, 9.17) is 16.9 Å². The van der Waals surface area contributed by atoms with E-state index in [1.165, 1.54) is 4.68 Å². The lowest BCUT2D eigenvalue weighted by molar-refractivity contribution is 0.0817. The lowest BCUT2D eigenvalue weighted by Gasteiger charge is -2.43. The van der Waals surface area contributed by atoms with Gasteiger partial charge in [-0.05, 0) is 37.0 Å². The molecule has 1 fully saturated rings. The molecule has 0 atom stereocenters. The molecule has 3 rings (SSSR count). The Morgan fingerprint density at radius 3 is 2.55 bits per heavy atom. The van der Waals surface area contributed by atoms with Crippen molar-refractivity contribution in [2.24, 2.45) is 7.05 Å². The minimum atomic E-state index is -0.383. The molecule has 1 N–H and O–H groups in total. The number of hydrogen-bond acceptors (Lipinski definition) is 3. The molecular formula is C16H15ClN4O. The number of carbonyl (C=O) groups is 1. The van der Waals surface area contributed by atoms with E-state index >= 15 is 0 Å². The third-order valence-electron chi connectivity index (χ3n) is 4.13. The zero-order valence-corrected chi connectivity index (χ0v) is 12.9. The maximum atomic E-state index is 12.5. The molecule has 1 aliphatic rings. The average Bonchev–Trinajstić information content (AvgIpc) is 2.82. The molecular weight excluding hydrogens is 300 g/mol. The second-order valence-electron chi connectivity index (χ2n) is 5.58. The van der Waals surface area contributed by atoms with Crippen LogP contribution in [0.1, 0.15) is 40.9 Å². The zero-order valence-electron chi connectivity index (χ0n) is 12.1. The van der Waals surface area contributed by atoms with Crippen molar-refractivity contribution in [2.45, 2.75) is 24.8 Å². The van der Waals surface area contributed by atoms with Crippen LogP contribution in [0.4, 0.5) is 0 Å². The van der Waals surface area contributed by atoms with Gasteiger partial charge in [0, 0.05) is 13.2 Å². The molecule has 1 saturated carbocycles. The average molecular weight is 315 g/mol. The van der Waals surface area contributed by atoms with Gasteiger partial charge in [0.1, 0.15) is 0 Å². The first-order valence-corrected chi connectivity index (χ1v) is 7.44. The Bertz CT molecular complexity index is 753. The SMILES string of the molecule is Cn1cc(Cl)c(C(=O)NC2(c3ccc(C#N)cc3)CCC2)n1. The lowest BCUT2D eigenvalue weighted by Crippen LogP contribution is -2.51. The summed E-state index contributed by atoms with van der Waals surface area (Å²) in [7, 11) is 1.72. The molecule has 5 nitrogen and oxygen atoms in total. The highest BCUT2D eigenvalue weighted by atomic mass is 35.5. The second-order valence-corrected chi connectivity index (χ2v) is 5.99. The summed E-state index contributed by atoms with van der Waals surface area (Å²) in [5.74, 6) is -0.269. The Labute approximate surface area is 133 Å². The van der Waals surface area contributed by atoms with Gasteiger partial charge in [-0.25, -0.2) is 0 Å². The molecule has 0 radical (unpaired) electrons. The normalized spacial score (nSPS) is 15.7. The van der Waals surface area contributed by atoms with Crippen LogP contribution in [0.15, 0.2) is 30.5 Å². The Kier molecular flexibility index (Phi) is 3.63. The first-order valence-electron chi connectivity index (χ1n) is 7.06. The Balaban J connectivity index is 1.86. The molecule has 22 heavy (non-hydrogen) atoms. The van der Waals surface area contributed by atoms with Gasteiger partial charge in [-0.3, -0.25) is 9.48 Å². The van der Waals surface area contributed by atoms with Gasteiger partial charge in [-0.2, -0.15) is 10.4 Å². The van der Waals surface area contributed by atoms with Crippen molar-refractivity contribution in [1.29, 1.82) is 5.26 Å². The fraction of sp³-hybridized carbons (Fsp3) is 0.312. The standard InChI is InChI=1S/C16H15ClN4O/c1-21-10-13(17)14(20-21)15(22)19-16(7-2-8-16)12-5-3-11(9-18)4-6-12/h3-6,10H,2,7-8H2,1H3,(H,19,22). The molecule has 0 spiro atoms. The topological polar surface area (TPSA) is 70.7 Å². The van der Waals surface area contributed by atoms with Gasteiger partial charge in [0.25, 0.3) is 5.91 Å². The largest absolute Gasteiger partial charge is 0.341 e. The molecule has 0 bridgehead atoms. The predicted octanol–water partition coefficient (Wildman–Crippen LogP) is 2.75. The summed E-state index contributed by atoms with van der Waals surface area (Å²) >= 11 is 6.04. The number of rotatable bonds is 3. The van der Waals surface area contributed by atoms with E-state index in [-0.39, 0.29) is 17.1 Å². The molecule has 1 aromatic heterocycles. The van der Waals surface area contributed by atoms with Crippen molar-refractivity contribution >= 4 is 17.5 Å². The van der Waals surface area contributed by atoms with Crippen molar-refractivity contribution in [3.63, 3.8) is 0 Å². The molecule has 1 aromatic carbocycles. The minimum absolute atomic E-state index is 0.240. The predicted molar refractivity (Wildman–Crippen MR) is 82.4 cm³/mol. The summed E-state index contributed by atoms with van der Waals surface area (Å²) in [6, 6.07) is 9.45. The monoisotopic (exact) mass is 314 g/mol. The highest BCUT2D eigenvalue weighted by Gasteiger charge is 2.40. The summed E-state index contributed by atoms with van der Waals surface area (Å²) < 4.78 is 1.52. The van der Waals surface area contributed by atoms with Gasteiger partial charge in [0.2, 0.25) is 0 Å². The molecule has 0 aliphatic heterocycles. The number of nitrogens with zero attached hydrogens (tertiary/aromatic N) is 3. The Morgan fingerprint density at radius 2 is 2.09 bits per heavy atom. The van der Waals surface area contributed by atoms with Gasteiger partial charge in [0.15, 0.2) is 5.69 Å². The van der Waals surface area contributed by atoms with E-state index in [1.54, 1.807) is 25.4 Å². The van der Waals surface area contributed by atoms with Crippen LogP contribution < -0.4 is 5.32 Å². The van der Waals surface area contributed by atoms with Crippen molar-refractivity contribution in [3.8, 4) is 6.07 Å². The van der Waals surface area contributed by atoms with Gasteiger partial charge in [-0.1, -0.05) is 23.7 Å². The molecule has 2 aromatic rings. The van der Waals surface area contributed by atoms with Crippen molar-refractivity contribution < 1.29 is 4.79 Å². The number of aryl methyl sites for hydroxylation is 1. The van der Waals surface area contributed by atoms with Crippen LogP contribution in [-0.2, 0) is 12.6 Å². The number of carbonyl (C=O) groups excluding carboxylic acids is 1. The number of nitriles is 1. The van der Waals surface area contributed by atoms with Gasteiger partial charge < -0.3 is 5.32 Å². The van der Waals surface area contributed by atoms with Crippen LogP contribution in [0.2, 0.25) is 5.02 Å². The number of aromatic nitrogens is 2. The summed E-state index contributed by atoms with van der Waals surface area (Å²) in [5.41, 5.74) is 1.48. The van der Waals surface area contributed by atoms with E-state index in [9.17, 15) is 4.79 Å². The number of benzene rings is 1. The van der Waals surface area contributed by atoms with Gasteiger partial charge in [-0.15, -0.1) is 0 Å². The lowest BCUT2D eigenvalue weighted by atomic mass is 9.71. The van der Waals surface area contributed by atoms with Crippen molar-refractivity contribution in [2.75, 3.05) is 0 Å². The van der Waals surface area contributed by atoms with Crippen LogP contribution in [-0.4, -0.2) is 15.7 Å². The van der Waals surface area contributed by atoms with Crippen LogP contribution >= 0.6 is 11.6 Å². The van der Waals surface area contributed by atoms with Gasteiger partial charge in [0.05, 0.1) is 22.2 Å². The first kappa shape index (κ1) is 14.6. The summed E-state index contributed by atoms with van der Waals surface area (Å²) in [4.78, 5) is 12.5. The number of amides is 1. The molecule has 1 heterocycles. The molecule has 1 amide bonds. The summed E-state index contributed by atoms with van der Waals surface area (Å²) in [5, 5.41) is 16.4. The molecule has 0 saturated heterocycles. The maximum absolute atomic E-state index is 12.5. The zero-order chi connectivity index (χ0) is 15.7. The number of halogens is 1. The first-order chi connectivity index (χ1) is 10.5. The van der Waals surface area contributed by atoms with Crippen molar-refractivity contribution in [3.05, 3.63) is 52.3 Å². The van der Waals surface area contributed by atoms with Crippen LogP contribution in [0.3, 0.4) is 0 Å². The van der Waals surface area contributed by atoms with E-state index in [0.717, 1.165) is 24.8 Å². The smallest absolute Gasteiger partial charge is 0.274 e. The highest BCUT2D eigenvalue weighted by molar-refractivity contribution is 6.33. The highest BCUT2D eigenvalue weighted by Crippen LogP contribution is 2.41. The summed E-state index contributed by atoms with van der Waals surface area (Å²) in [6.45, 7) is 0. The quantitative estimate of drug-likeness (QED) is 0.947. The van der Waals surface area contributed by atoms with Gasteiger partial charge >= 0.3 is 0 Å². The minimum Gasteiger partial charge on any atom is -0.341 e. The fourth-order valence-electron chi connectivity index (χ4n) is 2.77. The summed E-state index contributed by atoms with van der Waals surface area (Å²) in [6.07, 6.45) is 4.39. The maximum Gasteiger partial charge on any atom is 0.274 e. The van der Waals surface area contributed by atoms with E-state index < -0.39 is 0 Å². The van der Waals surface area contributed by atoms with Crippen molar-refractivity contribution in [1.82, 2.24) is 15.1 Å². The number of nitrogens with one attached hydrogen (secondary N) is 1. The third kappa shape index (κ3) is 2.46.